The van der Waals surface area contributed by atoms with E-state index in [1.54, 1.807) is 0 Å². The highest BCUT2D eigenvalue weighted by atomic mass is 16.1. The largest absolute Gasteiger partial charge is 0.299 e. The summed E-state index contributed by atoms with van der Waals surface area (Å²) < 4.78 is 0. The van der Waals surface area contributed by atoms with Crippen LogP contribution in [0.5, 0.6) is 0 Å². The summed E-state index contributed by atoms with van der Waals surface area (Å²) in [5.41, 5.74) is 0.448. The first-order chi connectivity index (χ1) is 13.7. The third-order valence-electron chi connectivity index (χ3n) is 10.4. The predicted molar refractivity (Wildman–Crippen MR) is 122 cm³/mol. The molecule has 0 spiro atoms. The first kappa shape index (κ1) is 21.4. The van der Waals surface area contributed by atoms with E-state index in [9.17, 15) is 4.79 Å². The number of ketones is 1. The molecule has 0 aromatic rings. The minimum absolute atomic E-state index is 0.219. The maximum Gasteiger partial charge on any atom is 0.137 e. The van der Waals surface area contributed by atoms with Crippen LogP contribution in [0.2, 0.25) is 0 Å². The van der Waals surface area contributed by atoms with Crippen molar-refractivity contribution in [3.05, 3.63) is 24.3 Å². The first-order valence-electron chi connectivity index (χ1n) is 12.5. The molecule has 1 heteroatoms. The van der Waals surface area contributed by atoms with E-state index in [4.69, 9.17) is 0 Å². The Hall–Kier alpha value is -0.850. The van der Waals surface area contributed by atoms with Crippen LogP contribution in [0.3, 0.4) is 0 Å². The van der Waals surface area contributed by atoms with Gasteiger partial charge < -0.3 is 0 Å². The fourth-order valence-corrected chi connectivity index (χ4v) is 8.27. The van der Waals surface area contributed by atoms with Crippen LogP contribution in [-0.2, 0) is 4.79 Å². The van der Waals surface area contributed by atoms with E-state index in [1.807, 2.05) is 0 Å². The van der Waals surface area contributed by atoms with Gasteiger partial charge in [0.15, 0.2) is 0 Å². The van der Waals surface area contributed by atoms with Gasteiger partial charge in [-0.3, -0.25) is 4.79 Å². The fourth-order valence-electron chi connectivity index (χ4n) is 8.27. The van der Waals surface area contributed by atoms with Crippen molar-refractivity contribution >= 4 is 5.78 Å². The summed E-state index contributed by atoms with van der Waals surface area (Å²) in [5.74, 6) is 5.67. The highest BCUT2D eigenvalue weighted by Crippen LogP contribution is 2.66. The summed E-state index contributed by atoms with van der Waals surface area (Å²) in [6.07, 6.45) is 18.2. The minimum atomic E-state index is 0.219. The molecule has 1 nitrogen and oxygen atoms in total. The van der Waals surface area contributed by atoms with E-state index < -0.39 is 0 Å². The molecule has 4 aliphatic carbocycles. The third kappa shape index (κ3) is 3.39. The van der Waals surface area contributed by atoms with Crippen LogP contribution in [-0.4, -0.2) is 5.78 Å². The Kier molecular flexibility index (Phi) is 5.67. The normalized spacial score (nSPS) is 46.4. The molecule has 4 aliphatic rings. The van der Waals surface area contributed by atoms with Crippen LogP contribution in [0, 0.1) is 58.2 Å². The van der Waals surface area contributed by atoms with E-state index in [2.05, 4.69) is 65.8 Å². The average molecular weight is 397 g/mol. The van der Waals surface area contributed by atoms with Gasteiger partial charge in [-0.05, 0) is 90.8 Å². The van der Waals surface area contributed by atoms with Crippen LogP contribution < -0.4 is 0 Å². The van der Waals surface area contributed by atoms with Crippen LogP contribution in [0.4, 0.5) is 0 Å². The van der Waals surface area contributed by atoms with Gasteiger partial charge in [0, 0.05) is 12.3 Å². The maximum atomic E-state index is 13.7. The minimum Gasteiger partial charge on any atom is -0.299 e. The van der Waals surface area contributed by atoms with E-state index >= 15 is 0 Å². The number of carbonyl (C=O) groups is 1. The number of carbonyl (C=O) groups excluding carboxylic acids is 1. The molecule has 0 aromatic heterocycles. The van der Waals surface area contributed by atoms with E-state index in [0.717, 1.165) is 24.7 Å². The van der Waals surface area contributed by atoms with E-state index in [1.165, 1.54) is 32.1 Å². The lowest BCUT2D eigenvalue weighted by Gasteiger charge is -2.59. The molecule has 7 unspecified atom stereocenters. The summed E-state index contributed by atoms with van der Waals surface area (Å²) in [4.78, 5) is 13.7. The molecule has 4 rings (SSSR count). The van der Waals surface area contributed by atoms with E-state index in [-0.39, 0.29) is 10.8 Å². The topological polar surface area (TPSA) is 17.1 Å². The van der Waals surface area contributed by atoms with Gasteiger partial charge in [-0.2, -0.15) is 0 Å². The molecule has 9 atom stereocenters. The molecule has 0 N–H and O–H groups in total. The predicted octanol–water partition coefficient (Wildman–Crippen LogP) is 7.47. The van der Waals surface area contributed by atoms with Crippen LogP contribution in [0.15, 0.2) is 24.3 Å². The fraction of sp³-hybridized carbons (Fsp3) is 0.821. The summed E-state index contributed by atoms with van der Waals surface area (Å²) in [6.45, 7) is 14.3. The molecular formula is C28H44O. The van der Waals surface area contributed by atoms with Crippen molar-refractivity contribution in [3.63, 3.8) is 0 Å². The number of allylic oxidation sites excluding steroid dienone is 4. The molecule has 0 aliphatic heterocycles. The van der Waals surface area contributed by atoms with Crippen LogP contribution in [0.1, 0.15) is 86.5 Å². The molecule has 0 heterocycles. The molecule has 0 radical (unpaired) electrons. The Balaban J connectivity index is 1.57. The molecule has 29 heavy (non-hydrogen) atoms. The summed E-state index contributed by atoms with van der Waals surface area (Å²) in [6, 6.07) is 0. The molecule has 3 saturated carbocycles. The average Bonchev–Trinajstić information content (AvgIpc) is 3.01. The lowest BCUT2D eigenvalue weighted by molar-refractivity contribution is -0.154. The number of fused-ring (bicyclic) bond motifs is 5. The van der Waals surface area contributed by atoms with Crippen LogP contribution in [0.25, 0.3) is 0 Å². The smallest absolute Gasteiger partial charge is 0.137 e. The number of rotatable bonds is 4. The quantitative estimate of drug-likeness (QED) is 0.450. The second-order valence-electron chi connectivity index (χ2n) is 12.1. The Morgan fingerprint density at radius 3 is 2.45 bits per heavy atom. The van der Waals surface area contributed by atoms with Crippen molar-refractivity contribution in [2.45, 2.75) is 86.5 Å². The molecular weight excluding hydrogens is 352 g/mol. The van der Waals surface area contributed by atoms with Crippen molar-refractivity contribution in [1.29, 1.82) is 0 Å². The summed E-state index contributed by atoms with van der Waals surface area (Å²) in [7, 11) is 0. The van der Waals surface area contributed by atoms with Gasteiger partial charge in [0.25, 0.3) is 0 Å². The molecule has 162 valence electrons. The van der Waals surface area contributed by atoms with Crippen molar-refractivity contribution < 1.29 is 4.79 Å². The first-order valence-corrected chi connectivity index (χ1v) is 12.5. The monoisotopic (exact) mass is 396 g/mol. The second-order valence-corrected chi connectivity index (χ2v) is 12.1. The standard InChI is InChI=1S/C28H44O/c1-18(2)19(3)10-11-20(4)23-14-15-24-22-13-12-21-9-7-8-16-27(21,5)26(22)25(29)17-28(23,24)6/h7-8,10-11,18-24,26H,9,12-17H2,1-6H3/b11-10+/t19-,20+,21?,22?,23?,24?,26?,27?,28?/m0/s1. The zero-order valence-electron chi connectivity index (χ0n) is 19.8. The molecule has 0 bridgehead atoms. The Bertz CT molecular complexity index is 686. The van der Waals surface area contributed by atoms with Crippen molar-refractivity contribution in [2.75, 3.05) is 0 Å². The van der Waals surface area contributed by atoms with Crippen molar-refractivity contribution in [2.24, 2.45) is 58.2 Å². The number of hydrogen-bond acceptors (Lipinski definition) is 1. The molecule has 0 aromatic carbocycles. The highest BCUT2D eigenvalue weighted by Gasteiger charge is 2.62. The SMILES string of the molecule is CC(C)[C@@H](C)/C=C/[C@@H](C)C1CCC2C3CCC4CC=CCC4(C)C3C(=O)CC21C. The highest BCUT2D eigenvalue weighted by molar-refractivity contribution is 5.84. The van der Waals surface area contributed by atoms with Crippen LogP contribution >= 0.6 is 0 Å². The van der Waals surface area contributed by atoms with Gasteiger partial charge in [-0.25, -0.2) is 0 Å². The third-order valence-corrected chi connectivity index (χ3v) is 10.4. The zero-order valence-corrected chi connectivity index (χ0v) is 19.8. The Morgan fingerprint density at radius 2 is 1.72 bits per heavy atom. The number of Topliss-reactive ketones (excluding diaryl/α,β-unsaturated/α-hetero) is 1. The summed E-state index contributed by atoms with van der Waals surface area (Å²) in [5, 5.41) is 0. The van der Waals surface area contributed by atoms with Crippen molar-refractivity contribution in [3.8, 4) is 0 Å². The zero-order chi connectivity index (χ0) is 21.0. The molecule has 0 saturated heterocycles. The van der Waals surface area contributed by atoms with Gasteiger partial charge in [0.1, 0.15) is 5.78 Å². The van der Waals surface area contributed by atoms with Gasteiger partial charge in [-0.1, -0.05) is 65.8 Å². The van der Waals surface area contributed by atoms with Gasteiger partial charge >= 0.3 is 0 Å². The Morgan fingerprint density at radius 1 is 0.966 bits per heavy atom. The molecule has 3 fully saturated rings. The van der Waals surface area contributed by atoms with Gasteiger partial charge in [0.05, 0.1) is 0 Å². The van der Waals surface area contributed by atoms with Gasteiger partial charge in [0.2, 0.25) is 0 Å². The Labute approximate surface area is 179 Å². The van der Waals surface area contributed by atoms with Crippen molar-refractivity contribution in [1.82, 2.24) is 0 Å². The summed E-state index contributed by atoms with van der Waals surface area (Å²) >= 11 is 0. The molecule has 0 amide bonds. The second kappa shape index (κ2) is 7.69. The number of hydrogen-bond donors (Lipinski definition) is 0. The van der Waals surface area contributed by atoms with Gasteiger partial charge in [-0.15, -0.1) is 0 Å². The lowest BCUT2D eigenvalue weighted by atomic mass is 9.45. The maximum absolute atomic E-state index is 13.7. The lowest BCUT2D eigenvalue weighted by Crippen LogP contribution is -2.56. The van der Waals surface area contributed by atoms with E-state index in [0.29, 0.717) is 41.3 Å².